The minimum absolute atomic E-state index is 0.00184. The number of carboxylic acids is 2. The van der Waals surface area contributed by atoms with Crippen LogP contribution in [-0.4, -0.2) is 72.7 Å². The number of carbonyl (C=O) groups excluding carboxylic acids is 2. The van der Waals surface area contributed by atoms with Crippen LogP contribution in [0.4, 0.5) is 0 Å². The summed E-state index contributed by atoms with van der Waals surface area (Å²) in [6.07, 6.45) is 1.47. The lowest BCUT2D eigenvalue weighted by Gasteiger charge is -2.21. The first kappa shape index (κ1) is 35.4. The van der Waals surface area contributed by atoms with Gasteiger partial charge in [-0.3, -0.25) is 14.6 Å². The highest BCUT2D eigenvalue weighted by molar-refractivity contribution is 6.18. The summed E-state index contributed by atoms with van der Waals surface area (Å²) in [5.74, 6) is -2.26. The standard InChI is InChI=1S/C17H17N3O3.C13H15N3O3.C3H9N/c1-9(2)17(3)16(23)19-14(20-17)13-11(15(21)22)8-10-6-4-5-7-12(10)18-13;1-7(2)13(3)12(19)15-10(16-13)9-8(11(17)18)5-4-6-14-9;1-3(2)4/h4-9H,1-3H3,(H,21,22)(H,19,20,23);4-7H,1-3H3,(H,17,18)(H,15,16,19);3H,4H2,1-2H3. The van der Waals surface area contributed by atoms with Crippen LogP contribution in [-0.2, 0) is 9.59 Å². The summed E-state index contributed by atoms with van der Waals surface area (Å²) in [5, 5.41) is 24.6. The Morgan fingerprint density at radius 2 is 1.24 bits per heavy atom. The molecule has 2 aliphatic rings. The molecule has 2 unspecified atom stereocenters. The highest BCUT2D eigenvalue weighted by atomic mass is 16.4. The van der Waals surface area contributed by atoms with Crippen LogP contribution in [0.1, 0.15) is 87.5 Å². The van der Waals surface area contributed by atoms with E-state index in [4.69, 9.17) is 10.8 Å². The number of benzene rings is 1. The van der Waals surface area contributed by atoms with E-state index < -0.39 is 23.0 Å². The Morgan fingerprint density at radius 1 is 0.761 bits per heavy atom. The van der Waals surface area contributed by atoms with Gasteiger partial charge in [-0.15, -0.1) is 0 Å². The molecule has 244 valence electrons. The molecule has 0 radical (unpaired) electrons. The smallest absolute Gasteiger partial charge is 0.338 e. The quantitative estimate of drug-likeness (QED) is 0.268. The molecule has 46 heavy (non-hydrogen) atoms. The molecule has 5 rings (SSSR count). The van der Waals surface area contributed by atoms with E-state index in [-0.39, 0.29) is 57.8 Å². The zero-order valence-corrected chi connectivity index (χ0v) is 27.2. The second kappa shape index (κ2) is 13.9. The van der Waals surface area contributed by atoms with Crippen LogP contribution in [0.5, 0.6) is 0 Å². The van der Waals surface area contributed by atoms with E-state index in [2.05, 4.69) is 30.6 Å². The molecular formula is C33H41N7O6. The molecule has 4 heterocycles. The lowest BCUT2D eigenvalue weighted by molar-refractivity contribution is -0.125. The van der Waals surface area contributed by atoms with Crippen LogP contribution in [0.25, 0.3) is 10.9 Å². The number of amidine groups is 2. The first-order valence-corrected chi connectivity index (χ1v) is 14.8. The topological polar surface area (TPSA) is 209 Å². The third kappa shape index (κ3) is 7.42. The minimum atomic E-state index is -1.10. The van der Waals surface area contributed by atoms with E-state index in [0.29, 0.717) is 11.6 Å². The van der Waals surface area contributed by atoms with E-state index in [1.54, 1.807) is 32.0 Å². The van der Waals surface area contributed by atoms with Crippen molar-refractivity contribution in [2.45, 2.75) is 72.5 Å². The van der Waals surface area contributed by atoms with Gasteiger partial charge in [0.2, 0.25) is 0 Å². The van der Waals surface area contributed by atoms with Crippen molar-refractivity contribution in [2.75, 3.05) is 0 Å². The summed E-state index contributed by atoms with van der Waals surface area (Å²) >= 11 is 0. The highest BCUT2D eigenvalue weighted by Crippen LogP contribution is 2.29. The fourth-order valence-corrected chi connectivity index (χ4v) is 4.32. The Hall–Kier alpha value is -5.04. The molecule has 0 saturated carbocycles. The zero-order chi connectivity index (χ0) is 34.6. The molecule has 6 N–H and O–H groups in total. The van der Waals surface area contributed by atoms with Gasteiger partial charge in [0.15, 0.2) is 11.7 Å². The van der Waals surface area contributed by atoms with Crippen molar-refractivity contribution >= 4 is 46.3 Å². The van der Waals surface area contributed by atoms with Gasteiger partial charge in [-0.1, -0.05) is 59.7 Å². The summed E-state index contributed by atoms with van der Waals surface area (Å²) in [4.78, 5) is 64.2. The van der Waals surface area contributed by atoms with Gasteiger partial charge < -0.3 is 26.6 Å². The second-order valence-corrected chi connectivity index (χ2v) is 12.3. The van der Waals surface area contributed by atoms with E-state index in [9.17, 15) is 24.3 Å². The van der Waals surface area contributed by atoms with Gasteiger partial charge in [0, 0.05) is 11.6 Å². The van der Waals surface area contributed by atoms with Crippen LogP contribution in [0, 0.1) is 11.8 Å². The minimum Gasteiger partial charge on any atom is -0.478 e. The predicted molar refractivity (Wildman–Crippen MR) is 175 cm³/mol. The number of carboxylic acid groups (broad SMARTS) is 2. The number of rotatable bonds is 6. The van der Waals surface area contributed by atoms with E-state index in [1.807, 2.05) is 53.7 Å². The van der Waals surface area contributed by atoms with Gasteiger partial charge >= 0.3 is 11.9 Å². The number of nitrogens with one attached hydrogen (secondary N) is 2. The van der Waals surface area contributed by atoms with Crippen LogP contribution in [0.2, 0.25) is 0 Å². The van der Waals surface area contributed by atoms with Gasteiger partial charge in [-0.2, -0.15) is 0 Å². The number of nitrogens with two attached hydrogens (primary N) is 1. The van der Waals surface area contributed by atoms with Crippen LogP contribution < -0.4 is 16.4 Å². The normalized spacial score (nSPS) is 20.3. The number of fused-ring (bicyclic) bond motifs is 1. The third-order valence-electron chi connectivity index (χ3n) is 7.76. The molecular weight excluding hydrogens is 590 g/mol. The number of aliphatic imine (C=N–C) groups is 2. The van der Waals surface area contributed by atoms with Crippen molar-refractivity contribution in [3.63, 3.8) is 0 Å². The number of hydrogen-bond acceptors (Lipinski definition) is 9. The molecule has 13 heteroatoms. The number of amides is 2. The lowest BCUT2D eigenvalue weighted by Crippen LogP contribution is -2.41. The average Bonchev–Trinajstić information content (AvgIpc) is 3.48. The number of aromatic carboxylic acids is 2. The van der Waals surface area contributed by atoms with Crippen molar-refractivity contribution in [2.24, 2.45) is 27.6 Å². The van der Waals surface area contributed by atoms with Crippen molar-refractivity contribution in [1.29, 1.82) is 0 Å². The van der Waals surface area contributed by atoms with Crippen molar-refractivity contribution in [3.8, 4) is 0 Å². The molecule has 0 saturated heterocycles. The predicted octanol–water partition coefficient (Wildman–Crippen LogP) is 3.65. The highest BCUT2D eigenvalue weighted by Gasteiger charge is 2.44. The second-order valence-electron chi connectivity index (χ2n) is 12.3. The van der Waals surface area contributed by atoms with Gasteiger partial charge in [0.25, 0.3) is 11.8 Å². The monoisotopic (exact) mass is 631 g/mol. The van der Waals surface area contributed by atoms with E-state index >= 15 is 0 Å². The lowest BCUT2D eigenvalue weighted by atomic mass is 9.89. The molecule has 2 aromatic heterocycles. The maximum atomic E-state index is 12.3. The molecule has 0 spiro atoms. The summed E-state index contributed by atoms with van der Waals surface area (Å²) in [7, 11) is 0. The van der Waals surface area contributed by atoms with Gasteiger partial charge in [-0.25, -0.2) is 24.6 Å². The molecule has 2 amide bonds. The molecule has 1 aromatic carbocycles. The fraction of sp³-hybridized carbons (Fsp3) is 0.394. The third-order valence-corrected chi connectivity index (χ3v) is 7.76. The SMILES string of the molecule is CC(C)C1(C)N=C(c2nc3ccccc3cc2C(=O)O)NC1=O.CC(C)C1(C)N=C(c2ncccc2C(=O)O)NC1=O.CC(C)N. The summed E-state index contributed by atoms with van der Waals surface area (Å²) in [5.41, 5.74) is 4.38. The molecule has 2 aliphatic heterocycles. The summed E-state index contributed by atoms with van der Waals surface area (Å²) in [6, 6.07) is 12.1. The number of para-hydroxylation sites is 1. The Labute approximate surface area is 267 Å². The number of aromatic nitrogens is 2. The molecule has 0 aliphatic carbocycles. The number of hydrogen-bond donors (Lipinski definition) is 5. The van der Waals surface area contributed by atoms with Gasteiger partial charge in [-0.05, 0) is 56.0 Å². The molecule has 2 atom stereocenters. The molecule has 0 bridgehead atoms. The first-order chi connectivity index (χ1) is 21.4. The Kier molecular flexibility index (Phi) is 10.7. The Balaban J connectivity index is 0.000000228. The van der Waals surface area contributed by atoms with E-state index in [1.165, 1.54) is 18.3 Å². The van der Waals surface area contributed by atoms with E-state index in [0.717, 1.165) is 5.39 Å². The van der Waals surface area contributed by atoms with Crippen LogP contribution in [0.15, 0.2) is 58.6 Å². The maximum Gasteiger partial charge on any atom is 0.338 e. The first-order valence-electron chi connectivity index (χ1n) is 14.8. The average molecular weight is 632 g/mol. The maximum absolute atomic E-state index is 12.3. The molecule has 3 aromatic rings. The Morgan fingerprint density at radius 3 is 1.70 bits per heavy atom. The fourth-order valence-electron chi connectivity index (χ4n) is 4.32. The van der Waals surface area contributed by atoms with Gasteiger partial charge in [0.1, 0.15) is 22.5 Å². The molecule has 0 fully saturated rings. The van der Waals surface area contributed by atoms with Crippen molar-refractivity contribution in [3.05, 3.63) is 71.2 Å². The number of pyridine rings is 2. The Bertz CT molecular complexity index is 1730. The summed E-state index contributed by atoms with van der Waals surface area (Å²) in [6.45, 7) is 14.9. The van der Waals surface area contributed by atoms with Crippen LogP contribution >= 0.6 is 0 Å². The molecule has 13 nitrogen and oxygen atoms in total. The largest absolute Gasteiger partial charge is 0.478 e. The van der Waals surface area contributed by atoms with Crippen molar-refractivity contribution in [1.82, 2.24) is 20.6 Å². The zero-order valence-electron chi connectivity index (χ0n) is 27.2. The number of carbonyl (C=O) groups is 4. The van der Waals surface area contributed by atoms with Gasteiger partial charge in [0.05, 0.1) is 16.6 Å². The summed E-state index contributed by atoms with van der Waals surface area (Å²) < 4.78 is 0. The number of nitrogens with zero attached hydrogens (tertiary/aromatic N) is 4. The van der Waals surface area contributed by atoms with Crippen LogP contribution in [0.3, 0.4) is 0 Å². The van der Waals surface area contributed by atoms with Crippen molar-refractivity contribution < 1.29 is 29.4 Å².